The van der Waals surface area contributed by atoms with Gasteiger partial charge in [-0.3, -0.25) is 13.9 Å². The van der Waals surface area contributed by atoms with Gasteiger partial charge in [-0.25, -0.2) is 8.42 Å². The number of benzene rings is 1. The molecule has 1 fully saturated rings. The van der Waals surface area contributed by atoms with E-state index in [0.29, 0.717) is 50.3 Å². The molecule has 0 aromatic heterocycles. The number of hydrogen-bond donors (Lipinski definition) is 0. The van der Waals surface area contributed by atoms with Crippen LogP contribution in [0.5, 0.6) is 0 Å². The van der Waals surface area contributed by atoms with E-state index in [1.165, 1.54) is 4.31 Å². The Balaban J connectivity index is 1.63. The van der Waals surface area contributed by atoms with Gasteiger partial charge in [0, 0.05) is 25.3 Å². The molecule has 1 saturated heterocycles. The van der Waals surface area contributed by atoms with E-state index in [9.17, 15) is 18.0 Å². The lowest BCUT2D eigenvalue weighted by atomic mass is 10.0. The van der Waals surface area contributed by atoms with Crippen LogP contribution in [0.25, 0.3) is 0 Å². The van der Waals surface area contributed by atoms with Gasteiger partial charge >= 0.3 is 5.97 Å². The van der Waals surface area contributed by atoms with Crippen LogP contribution < -0.4 is 4.31 Å². The Bertz CT molecular complexity index is 798. The van der Waals surface area contributed by atoms with Crippen LogP contribution in [0, 0.1) is 5.92 Å². The highest BCUT2D eigenvalue weighted by atomic mass is 32.2. The topological polar surface area (TPSA) is 90.0 Å². The minimum atomic E-state index is -3.31. The van der Waals surface area contributed by atoms with Gasteiger partial charge in [-0.2, -0.15) is 0 Å². The monoisotopic (exact) mass is 381 g/mol. The van der Waals surface area contributed by atoms with Crippen LogP contribution in [0.4, 0.5) is 5.69 Å². The molecular formula is C18H23NO6S. The maximum Gasteiger partial charge on any atom is 0.309 e. The number of carbonyl (C=O) groups excluding carboxylic acids is 2. The van der Waals surface area contributed by atoms with Crippen molar-refractivity contribution in [2.45, 2.75) is 26.2 Å². The highest BCUT2D eigenvalue weighted by molar-refractivity contribution is 7.92. The van der Waals surface area contributed by atoms with Gasteiger partial charge in [-0.05, 0) is 49.9 Å². The Morgan fingerprint density at radius 3 is 2.69 bits per heavy atom. The van der Waals surface area contributed by atoms with Gasteiger partial charge in [0.05, 0.1) is 17.4 Å². The Morgan fingerprint density at radius 1 is 1.27 bits per heavy atom. The number of nitrogens with zero attached hydrogens (tertiary/aromatic N) is 1. The lowest BCUT2D eigenvalue weighted by Crippen LogP contribution is -2.30. The summed E-state index contributed by atoms with van der Waals surface area (Å²) in [6.07, 6.45) is 1.80. The van der Waals surface area contributed by atoms with E-state index in [-0.39, 0.29) is 30.0 Å². The Labute approximate surface area is 153 Å². The van der Waals surface area contributed by atoms with Gasteiger partial charge in [0.2, 0.25) is 10.0 Å². The Kier molecular flexibility index (Phi) is 5.62. The number of sulfonamides is 1. The molecule has 7 nitrogen and oxygen atoms in total. The minimum absolute atomic E-state index is 0.0370. The molecule has 26 heavy (non-hydrogen) atoms. The standard InChI is InChI=1S/C18H23NO6S/c1-2-26(22,23)19-8-5-14-11-15(3-4-16(14)19)17(20)12-25-18(21)13-6-9-24-10-7-13/h3-4,11,13H,2,5-10,12H2,1H3. The fourth-order valence-corrected chi connectivity index (χ4v) is 4.42. The lowest BCUT2D eigenvalue weighted by molar-refractivity contribution is -0.150. The van der Waals surface area contributed by atoms with Gasteiger partial charge in [-0.1, -0.05) is 0 Å². The molecule has 0 radical (unpaired) electrons. The van der Waals surface area contributed by atoms with E-state index in [0.717, 1.165) is 5.56 Å². The first-order valence-corrected chi connectivity index (χ1v) is 10.4. The third-order valence-electron chi connectivity index (χ3n) is 4.86. The first-order chi connectivity index (χ1) is 12.4. The van der Waals surface area contributed by atoms with Gasteiger partial charge in [0.25, 0.3) is 0 Å². The zero-order chi connectivity index (χ0) is 18.7. The molecule has 142 valence electrons. The number of fused-ring (bicyclic) bond motifs is 1. The number of Topliss-reactive ketones (excluding diaryl/α,β-unsaturated/α-hetero) is 1. The molecule has 0 spiro atoms. The third kappa shape index (κ3) is 3.91. The fourth-order valence-electron chi connectivity index (χ4n) is 3.26. The number of ketones is 1. The number of anilines is 1. The molecule has 0 bridgehead atoms. The van der Waals surface area contributed by atoms with Crippen molar-refractivity contribution >= 4 is 27.5 Å². The van der Waals surface area contributed by atoms with Crippen molar-refractivity contribution in [2.75, 3.05) is 36.4 Å². The first-order valence-electron chi connectivity index (χ1n) is 8.83. The van der Waals surface area contributed by atoms with Crippen molar-refractivity contribution < 1.29 is 27.5 Å². The molecule has 0 atom stereocenters. The molecule has 0 amide bonds. The average molecular weight is 381 g/mol. The molecular weight excluding hydrogens is 358 g/mol. The highest BCUT2D eigenvalue weighted by Crippen LogP contribution is 2.31. The van der Waals surface area contributed by atoms with Crippen molar-refractivity contribution in [2.24, 2.45) is 5.92 Å². The zero-order valence-electron chi connectivity index (χ0n) is 14.8. The Hall–Kier alpha value is -1.93. The molecule has 8 heteroatoms. The van der Waals surface area contributed by atoms with Gasteiger partial charge < -0.3 is 9.47 Å². The predicted molar refractivity (Wildman–Crippen MR) is 95.8 cm³/mol. The van der Waals surface area contributed by atoms with Crippen molar-refractivity contribution in [1.82, 2.24) is 0 Å². The van der Waals surface area contributed by atoms with Crippen LogP contribution >= 0.6 is 0 Å². The van der Waals surface area contributed by atoms with Gasteiger partial charge in [0.15, 0.2) is 12.4 Å². The molecule has 3 rings (SSSR count). The molecule has 0 aliphatic carbocycles. The first kappa shape index (κ1) is 18.8. The maximum absolute atomic E-state index is 12.3. The summed E-state index contributed by atoms with van der Waals surface area (Å²) in [6.45, 7) is 2.78. The summed E-state index contributed by atoms with van der Waals surface area (Å²) in [5.41, 5.74) is 1.88. The number of hydrogen-bond acceptors (Lipinski definition) is 6. The van der Waals surface area contributed by atoms with Crippen LogP contribution in [0.1, 0.15) is 35.7 Å². The summed E-state index contributed by atoms with van der Waals surface area (Å²) in [5, 5.41) is 0. The highest BCUT2D eigenvalue weighted by Gasteiger charge is 2.29. The van der Waals surface area contributed by atoms with Crippen molar-refractivity contribution in [3.8, 4) is 0 Å². The quantitative estimate of drug-likeness (QED) is 0.549. The molecule has 0 unspecified atom stereocenters. The molecule has 2 aliphatic heterocycles. The second-order valence-electron chi connectivity index (χ2n) is 6.48. The molecule has 0 saturated carbocycles. The van der Waals surface area contributed by atoms with Crippen LogP contribution in [-0.4, -0.2) is 52.3 Å². The van der Waals surface area contributed by atoms with Crippen LogP contribution in [0.3, 0.4) is 0 Å². The van der Waals surface area contributed by atoms with Crippen molar-refractivity contribution in [1.29, 1.82) is 0 Å². The number of carbonyl (C=O) groups is 2. The maximum atomic E-state index is 12.3. The van der Waals surface area contributed by atoms with Crippen LogP contribution in [0.2, 0.25) is 0 Å². The molecule has 2 aliphatic rings. The van der Waals surface area contributed by atoms with E-state index < -0.39 is 10.0 Å². The second kappa shape index (κ2) is 7.75. The smallest absolute Gasteiger partial charge is 0.309 e. The largest absolute Gasteiger partial charge is 0.457 e. The Morgan fingerprint density at radius 2 is 2.00 bits per heavy atom. The number of ether oxygens (including phenoxy) is 2. The van der Waals surface area contributed by atoms with Crippen LogP contribution in [0.15, 0.2) is 18.2 Å². The number of rotatable bonds is 6. The minimum Gasteiger partial charge on any atom is -0.457 e. The summed E-state index contributed by atoms with van der Waals surface area (Å²) in [6, 6.07) is 4.95. The van der Waals surface area contributed by atoms with Gasteiger partial charge in [0.1, 0.15) is 0 Å². The van der Waals surface area contributed by atoms with E-state index in [4.69, 9.17) is 9.47 Å². The molecule has 1 aromatic carbocycles. The normalized spacial score (nSPS) is 17.8. The van der Waals surface area contributed by atoms with E-state index >= 15 is 0 Å². The fraction of sp³-hybridized carbons (Fsp3) is 0.556. The lowest BCUT2D eigenvalue weighted by Gasteiger charge is -2.20. The number of esters is 1. The summed E-state index contributed by atoms with van der Waals surface area (Å²) in [7, 11) is -3.31. The van der Waals surface area contributed by atoms with Gasteiger partial charge in [-0.15, -0.1) is 0 Å². The van der Waals surface area contributed by atoms with Crippen molar-refractivity contribution in [3.05, 3.63) is 29.3 Å². The van der Waals surface area contributed by atoms with E-state index in [1.54, 1.807) is 25.1 Å². The zero-order valence-corrected chi connectivity index (χ0v) is 15.6. The van der Waals surface area contributed by atoms with Crippen molar-refractivity contribution in [3.63, 3.8) is 0 Å². The molecule has 1 aromatic rings. The van der Waals surface area contributed by atoms with Crippen LogP contribution in [-0.2, 0) is 30.7 Å². The summed E-state index contributed by atoms with van der Waals surface area (Å²) in [5.74, 6) is -0.813. The second-order valence-corrected chi connectivity index (χ2v) is 8.67. The average Bonchev–Trinajstić information content (AvgIpc) is 3.10. The predicted octanol–water partition coefficient (Wildman–Crippen LogP) is 1.55. The third-order valence-corrected chi connectivity index (χ3v) is 6.64. The van der Waals surface area contributed by atoms with E-state index in [1.807, 2.05) is 0 Å². The summed E-state index contributed by atoms with van der Waals surface area (Å²) >= 11 is 0. The summed E-state index contributed by atoms with van der Waals surface area (Å²) in [4.78, 5) is 24.3. The molecule has 0 N–H and O–H groups in total. The SMILES string of the molecule is CCS(=O)(=O)N1CCc2cc(C(=O)COC(=O)C3CCOCC3)ccc21. The summed E-state index contributed by atoms with van der Waals surface area (Å²) < 4.78 is 36.0. The molecule has 2 heterocycles. The van der Waals surface area contributed by atoms with E-state index in [2.05, 4.69) is 0 Å².